The Kier molecular flexibility index (Phi) is 2.87. The zero-order chi connectivity index (χ0) is 11.7. The van der Waals surface area contributed by atoms with E-state index in [-0.39, 0.29) is 0 Å². The predicted octanol–water partition coefficient (Wildman–Crippen LogP) is 3.86. The second-order valence-electron chi connectivity index (χ2n) is 4.51. The Morgan fingerprint density at radius 1 is 0.882 bits per heavy atom. The molecule has 0 N–H and O–H groups in total. The lowest BCUT2D eigenvalue weighted by Gasteiger charge is -2.15. The number of benzene rings is 2. The third-order valence-corrected chi connectivity index (χ3v) is 3.63. The van der Waals surface area contributed by atoms with Gasteiger partial charge in [-0.25, -0.2) is 0 Å². The van der Waals surface area contributed by atoms with Crippen molar-refractivity contribution in [2.45, 2.75) is 19.6 Å². The van der Waals surface area contributed by atoms with Gasteiger partial charge in [-0.3, -0.25) is 4.90 Å². The Morgan fingerprint density at radius 2 is 1.47 bits per heavy atom. The second kappa shape index (κ2) is 4.52. The fourth-order valence-corrected chi connectivity index (χ4v) is 2.58. The summed E-state index contributed by atoms with van der Waals surface area (Å²) in [5.74, 6) is 0. The number of fused-ring (bicyclic) bond motifs is 1. The summed E-state index contributed by atoms with van der Waals surface area (Å²) in [5, 5.41) is 0.864. The first-order valence-electron chi connectivity index (χ1n) is 5.85. The smallest absolute Gasteiger partial charge is 0.0451 e. The van der Waals surface area contributed by atoms with E-state index in [2.05, 4.69) is 35.2 Å². The molecule has 1 aliphatic rings. The summed E-state index contributed by atoms with van der Waals surface area (Å²) in [6.45, 7) is 2.98. The molecule has 0 spiro atoms. The lowest BCUT2D eigenvalue weighted by molar-refractivity contribution is 0.275. The summed E-state index contributed by atoms with van der Waals surface area (Å²) in [6, 6.07) is 16.7. The first kappa shape index (κ1) is 10.8. The highest BCUT2D eigenvalue weighted by molar-refractivity contribution is 6.31. The van der Waals surface area contributed by atoms with Crippen LogP contribution in [0.3, 0.4) is 0 Å². The van der Waals surface area contributed by atoms with Crippen molar-refractivity contribution in [2.24, 2.45) is 0 Å². The van der Waals surface area contributed by atoms with Crippen LogP contribution in [0.2, 0.25) is 5.02 Å². The zero-order valence-corrected chi connectivity index (χ0v) is 10.3. The van der Waals surface area contributed by atoms with Crippen LogP contribution in [0.5, 0.6) is 0 Å². The average molecular weight is 244 g/mol. The second-order valence-corrected chi connectivity index (χ2v) is 4.91. The maximum absolute atomic E-state index is 6.19. The molecule has 0 bridgehead atoms. The van der Waals surface area contributed by atoms with E-state index in [0.29, 0.717) is 0 Å². The number of hydrogen-bond acceptors (Lipinski definition) is 1. The fourth-order valence-electron chi connectivity index (χ4n) is 2.38. The Hall–Kier alpha value is -1.31. The highest BCUT2D eigenvalue weighted by atomic mass is 35.5. The molecule has 0 amide bonds. The minimum absolute atomic E-state index is 0.864. The van der Waals surface area contributed by atoms with Crippen molar-refractivity contribution >= 4 is 11.6 Å². The van der Waals surface area contributed by atoms with Crippen molar-refractivity contribution < 1.29 is 0 Å². The zero-order valence-electron chi connectivity index (χ0n) is 9.57. The molecule has 17 heavy (non-hydrogen) atoms. The third kappa shape index (κ3) is 2.21. The molecular weight excluding hydrogens is 230 g/mol. The topological polar surface area (TPSA) is 3.24 Å². The SMILES string of the molecule is Clc1ccccc1CN1Cc2ccccc2C1. The Bertz CT molecular complexity index is 511. The minimum Gasteiger partial charge on any atom is -0.291 e. The van der Waals surface area contributed by atoms with E-state index in [1.807, 2.05) is 18.2 Å². The van der Waals surface area contributed by atoms with Crippen LogP contribution in [0, 0.1) is 0 Å². The van der Waals surface area contributed by atoms with Crippen molar-refractivity contribution in [1.82, 2.24) is 4.90 Å². The quantitative estimate of drug-likeness (QED) is 0.774. The van der Waals surface area contributed by atoms with E-state index in [0.717, 1.165) is 24.7 Å². The first-order valence-corrected chi connectivity index (χ1v) is 6.23. The van der Waals surface area contributed by atoms with Gasteiger partial charge in [0.05, 0.1) is 0 Å². The van der Waals surface area contributed by atoms with Gasteiger partial charge in [0.25, 0.3) is 0 Å². The molecule has 0 aliphatic carbocycles. The van der Waals surface area contributed by atoms with Crippen molar-refractivity contribution in [3.8, 4) is 0 Å². The van der Waals surface area contributed by atoms with E-state index in [1.54, 1.807) is 0 Å². The van der Waals surface area contributed by atoms with Gasteiger partial charge in [-0.15, -0.1) is 0 Å². The summed E-state index contributed by atoms with van der Waals surface area (Å²) in [5.41, 5.74) is 4.10. The molecule has 0 fully saturated rings. The van der Waals surface area contributed by atoms with Crippen LogP contribution in [0.4, 0.5) is 0 Å². The van der Waals surface area contributed by atoms with Crippen molar-refractivity contribution in [1.29, 1.82) is 0 Å². The van der Waals surface area contributed by atoms with Crippen LogP contribution in [-0.4, -0.2) is 4.90 Å². The molecule has 3 rings (SSSR count). The number of nitrogens with zero attached hydrogens (tertiary/aromatic N) is 1. The van der Waals surface area contributed by atoms with Crippen LogP contribution >= 0.6 is 11.6 Å². The van der Waals surface area contributed by atoms with Gasteiger partial charge in [-0.1, -0.05) is 54.1 Å². The van der Waals surface area contributed by atoms with Gasteiger partial charge in [0.2, 0.25) is 0 Å². The number of rotatable bonds is 2. The van der Waals surface area contributed by atoms with E-state index in [9.17, 15) is 0 Å². The van der Waals surface area contributed by atoms with E-state index in [4.69, 9.17) is 11.6 Å². The molecule has 0 saturated carbocycles. The Balaban J connectivity index is 1.76. The van der Waals surface area contributed by atoms with Gasteiger partial charge in [0, 0.05) is 24.7 Å². The standard InChI is InChI=1S/C15H14ClN/c16-15-8-4-3-7-14(15)11-17-9-12-5-1-2-6-13(12)10-17/h1-8H,9-11H2. The average Bonchev–Trinajstić information content (AvgIpc) is 2.74. The van der Waals surface area contributed by atoms with Gasteiger partial charge >= 0.3 is 0 Å². The van der Waals surface area contributed by atoms with Crippen LogP contribution in [0.1, 0.15) is 16.7 Å². The predicted molar refractivity (Wildman–Crippen MR) is 70.8 cm³/mol. The number of hydrogen-bond donors (Lipinski definition) is 0. The maximum atomic E-state index is 6.19. The molecule has 2 aromatic carbocycles. The maximum Gasteiger partial charge on any atom is 0.0451 e. The third-order valence-electron chi connectivity index (χ3n) is 3.26. The molecule has 0 unspecified atom stereocenters. The van der Waals surface area contributed by atoms with E-state index < -0.39 is 0 Å². The molecule has 1 aliphatic heterocycles. The van der Waals surface area contributed by atoms with Crippen LogP contribution < -0.4 is 0 Å². The lowest BCUT2D eigenvalue weighted by atomic mass is 10.1. The van der Waals surface area contributed by atoms with E-state index >= 15 is 0 Å². The monoisotopic (exact) mass is 243 g/mol. The molecule has 2 heteroatoms. The number of halogens is 1. The van der Waals surface area contributed by atoms with Crippen molar-refractivity contribution in [3.05, 3.63) is 70.2 Å². The van der Waals surface area contributed by atoms with Gasteiger partial charge in [0.1, 0.15) is 0 Å². The Morgan fingerprint density at radius 3 is 2.12 bits per heavy atom. The molecule has 86 valence electrons. The molecule has 0 radical (unpaired) electrons. The molecule has 1 nitrogen and oxygen atoms in total. The summed E-state index contributed by atoms with van der Waals surface area (Å²) in [4.78, 5) is 2.42. The summed E-state index contributed by atoms with van der Waals surface area (Å²) in [7, 11) is 0. The lowest BCUT2D eigenvalue weighted by Crippen LogP contribution is -2.15. The first-order chi connectivity index (χ1) is 8.33. The highest BCUT2D eigenvalue weighted by Crippen LogP contribution is 2.25. The van der Waals surface area contributed by atoms with Gasteiger partial charge in [0.15, 0.2) is 0 Å². The largest absolute Gasteiger partial charge is 0.291 e. The van der Waals surface area contributed by atoms with Crippen molar-refractivity contribution in [3.63, 3.8) is 0 Å². The highest BCUT2D eigenvalue weighted by Gasteiger charge is 2.18. The normalized spacial score (nSPS) is 14.9. The summed E-state index contributed by atoms with van der Waals surface area (Å²) in [6.07, 6.45) is 0. The summed E-state index contributed by atoms with van der Waals surface area (Å²) >= 11 is 6.19. The van der Waals surface area contributed by atoms with Crippen LogP contribution in [0.25, 0.3) is 0 Å². The van der Waals surface area contributed by atoms with Crippen molar-refractivity contribution in [2.75, 3.05) is 0 Å². The van der Waals surface area contributed by atoms with Crippen LogP contribution in [0.15, 0.2) is 48.5 Å². The molecule has 2 aromatic rings. The molecule has 1 heterocycles. The molecule has 0 aromatic heterocycles. The molecule has 0 atom stereocenters. The van der Waals surface area contributed by atoms with Gasteiger partial charge in [-0.05, 0) is 22.8 Å². The molecular formula is C15H14ClN. The fraction of sp³-hybridized carbons (Fsp3) is 0.200. The minimum atomic E-state index is 0.864. The van der Waals surface area contributed by atoms with Crippen LogP contribution in [-0.2, 0) is 19.6 Å². The van der Waals surface area contributed by atoms with Gasteiger partial charge in [-0.2, -0.15) is 0 Å². The van der Waals surface area contributed by atoms with Gasteiger partial charge < -0.3 is 0 Å². The van der Waals surface area contributed by atoms with E-state index in [1.165, 1.54) is 16.7 Å². The summed E-state index contributed by atoms with van der Waals surface area (Å²) < 4.78 is 0. The Labute approximate surface area is 107 Å². The molecule has 0 saturated heterocycles.